The number of carbonyl (C=O) groups excluding carboxylic acids is 1. The number of nitrogens with zero attached hydrogens (tertiary/aromatic N) is 1. The third-order valence-corrected chi connectivity index (χ3v) is 5.59. The SMILES string of the molecule is CC.CCCN(CCC)C1CCNCC1.COC1CCCNC1.O=C1CCNCC1. The molecule has 3 heterocycles. The Morgan fingerprint density at radius 3 is 1.80 bits per heavy atom. The van der Waals surface area contributed by atoms with Crippen LogP contribution in [0, 0.1) is 0 Å². The molecular formula is C24H52N4O2. The minimum atomic E-state index is 0.402. The predicted octanol–water partition coefficient (Wildman–Crippen LogP) is 3.21. The second kappa shape index (κ2) is 21.7. The average molecular weight is 429 g/mol. The van der Waals surface area contributed by atoms with Crippen molar-refractivity contribution >= 4 is 5.78 Å². The maximum atomic E-state index is 10.4. The quantitative estimate of drug-likeness (QED) is 0.604. The Morgan fingerprint density at radius 1 is 0.867 bits per heavy atom. The third kappa shape index (κ3) is 15.3. The Morgan fingerprint density at radius 2 is 1.43 bits per heavy atom. The van der Waals surface area contributed by atoms with Crippen LogP contribution in [0.25, 0.3) is 0 Å². The van der Waals surface area contributed by atoms with Crippen LogP contribution in [0.1, 0.15) is 79.1 Å². The van der Waals surface area contributed by atoms with E-state index in [4.69, 9.17) is 4.74 Å². The molecule has 180 valence electrons. The van der Waals surface area contributed by atoms with Crippen molar-refractivity contribution in [1.29, 1.82) is 0 Å². The van der Waals surface area contributed by atoms with E-state index in [9.17, 15) is 4.79 Å². The van der Waals surface area contributed by atoms with Gasteiger partial charge in [-0.15, -0.1) is 0 Å². The van der Waals surface area contributed by atoms with Gasteiger partial charge in [-0.1, -0.05) is 27.7 Å². The Bertz CT molecular complexity index is 356. The van der Waals surface area contributed by atoms with Gasteiger partial charge in [0.1, 0.15) is 5.78 Å². The number of hydrogen-bond donors (Lipinski definition) is 3. The highest BCUT2D eigenvalue weighted by Gasteiger charge is 2.18. The van der Waals surface area contributed by atoms with Crippen molar-refractivity contribution in [3.8, 4) is 0 Å². The van der Waals surface area contributed by atoms with Crippen LogP contribution < -0.4 is 16.0 Å². The monoisotopic (exact) mass is 428 g/mol. The Labute approximate surface area is 187 Å². The van der Waals surface area contributed by atoms with E-state index in [-0.39, 0.29) is 0 Å². The lowest BCUT2D eigenvalue weighted by Crippen LogP contribution is -2.43. The van der Waals surface area contributed by atoms with Crippen molar-refractivity contribution in [2.75, 3.05) is 59.5 Å². The van der Waals surface area contributed by atoms with Gasteiger partial charge in [-0.2, -0.15) is 0 Å². The highest BCUT2D eigenvalue weighted by molar-refractivity contribution is 5.79. The number of ketones is 1. The first-order valence-electron chi connectivity index (χ1n) is 12.6. The van der Waals surface area contributed by atoms with Crippen molar-refractivity contribution in [2.45, 2.75) is 91.2 Å². The van der Waals surface area contributed by atoms with Crippen LogP contribution in [0.4, 0.5) is 0 Å². The average Bonchev–Trinajstić information content (AvgIpc) is 2.83. The fraction of sp³-hybridized carbons (Fsp3) is 0.958. The molecule has 3 aliphatic rings. The smallest absolute Gasteiger partial charge is 0.135 e. The second-order valence-corrected chi connectivity index (χ2v) is 8.01. The molecule has 0 spiro atoms. The van der Waals surface area contributed by atoms with E-state index >= 15 is 0 Å². The molecule has 3 rings (SSSR count). The van der Waals surface area contributed by atoms with E-state index in [1.165, 1.54) is 71.2 Å². The van der Waals surface area contributed by atoms with Crippen LogP contribution in [0.5, 0.6) is 0 Å². The van der Waals surface area contributed by atoms with Crippen molar-refractivity contribution in [3.63, 3.8) is 0 Å². The van der Waals surface area contributed by atoms with Gasteiger partial charge < -0.3 is 25.6 Å². The maximum absolute atomic E-state index is 10.4. The number of rotatable bonds is 6. The molecule has 6 nitrogen and oxygen atoms in total. The first kappa shape index (κ1) is 29.5. The highest BCUT2D eigenvalue weighted by atomic mass is 16.5. The number of hydrogen-bond acceptors (Lipinski definition) is 6. The molecule has 0 aliphatic carbocycles. The summed E-state index contributed by atoms with van der Waals surface area (Å²) in [5, 5.41) is 9.78. The van der Waals surface area contributed by atoms with E-state index in [0.717, 1.165) is 38.5 Å². The zero-order valence-electron chi connectivity index (χ0n) is 20.7. The summed E-state index contributed by atoms with van der Waals surface area (Å²) in [5.41, 5.74) is 0. The Balaban J connectivity index is 0.000000426. The first-order chi connectivity index (χ1) is 14.7. The number of methoxy groups -OCH3 is 1. The number of Topliss-reactive ketones (excluding diaryl/α,β-unsaturated/α-hetero) is 1. The topological polar surface area (TPSA) is 65.6 Å². The number of piperidine rings is 3. The fourth-order valence-corrected chi connectivity index (χ4v) is 3.95. The Hall–Kier alpha value is -0.530. The van der Waals surface area contributed by atoms with Gasteiger partial charge in [0.2, 0.25) is 0 Å². The lowest BCUT2D eigenvalue weighted by atomic mass is 10.0. The van der Waals surface area contributed by atoms with Gasteiger partial charge in [-0.3, -0.25) is 4.79 Å². The van der Waals surface area contributed by atoms with E-state index in [2.05, 4.69) is 34.7 Å². The summed E-state index contributed by atoms with van der Waals surface area (Å²) in [7, 11) is 1.78. The first-order valence-corrected chi connectivity index (χ1v) is 12.6. The minimum Gasteiger partial charge on any atom is -0.380 e. The van der Waals surface area contributed by atoms with E-state index in [1.54, 1.807) is 7.11 Å². The van der Waals surface area contributed by atoms with Crippen LogP contribution in [0.15, 0.2) is 0 Å². The number of carbonyl (C=O) groups is 1. The van der Waals surface area contributed by atoms with Crippen molar-refractivity contribution < 1.29 is 9.53 Å². The summed E-state index contributed by atoms with van der Waals surface area (Å²) in [4.78, 5) is 13.1. The van der Waals surface area contributed by atoms with Crippen molar-refractivity contribution in [3.05, 3.63) is 0 Å². The van der Waals surface area contributed by atoms with Crippen LogP contribution >= 0.6 is 0 Å². The molecule has 3 aliphatic heterocycles. The summed E-state index contributed by atoms with van der Waals surface area (Å²) in [6.07, 6.45) is 9.72. The fourth-order valence-electron chi connectivity index (χ4n) is 3.95. The van der Waals surface area contributed by atoms with Gasteiger partial charge in [0.05, 0.1) is 6.10 Å². The normalized spacial score (nSPS) is 22.1. The summed E-state index contributed by atoms with van der Waals surface area (Å²) >= 11 is 0. The molecule has 3 saturated heterocycles. The van der Waals surface area contributed by atoms with Crippen molar-refractivity contribution in [2.24, 2.45) is 0 Å². The zero-order chi connectivity index (χ0) is 22.5. The zero-order valence-corrected chi connectivity index (χ0v) is 20.7. The van der Waals surface area contributed by atoms with Gasteiger partial charge in [0, 0.05) is 45.6 Å². The van der Waals surface area contributed by atoms with Crippen LogP contribution in [-0.4, -0.2) is 82.3 Å². The Kier molecular flexibility index (Phi) is 21.3. The molecule has 1 atom stereocenters. The molecule has 0 amide bonds. The molecule has 3 N–H and O–H groups in total. The molecule has 1 unspecified atom stereocenters. The van der Waals surface area contributed by atoms with E-state index in [1.807, 2.05) is 13.8 Å². The summed E-state index contributed by atoms with van der Waals surface area (Å²) in [5.74, 6) is 0.402. The molecule has 0 saturated carbocycles. The van der Waals surface area contributed by atoms with Gasteiger partial charge in [-0.05, 0) is 71.2 Å². The lowest BCUT2D eigenvalue weighted by molar-refractivity contribution is -0.119. The molecule has 6 heteroatoms. The van der Waals surface area contributed by atoms with Crippen molar-refractivity contribution in [1.82, 2.24) is 20.9 Å². The molecular weight excluding hydrogens is 376 g/mol. The summed E-state index contributed by atoms with van der Waals surface area (Å²) < 4.78 is 5.13. The predicted molar refractivity (Wildman–Crippen MR) is 129 cm³/mol. The van der Waals surface area contributed by atoms with Crippen LogP contribution in [0.2, 0.25) is 0 Å². The molecule has 0 aromatic carbocycles. The molecule has 3 fully saturated rings. The molecule has 0 bridgehead atoms. The number of nitrogens with one attached hydrogen (secondary N) is 3. The molecule has 0 aromatic rings. The molecule has 0 radical (unpaired) electrons. The summed E-state index contributed by atoms with van der Waals surface area (Å²) in [6.45, 7) is 17.6. The standard InChI is InChI=1S/C11H24N2.C6H13NO.C5H9NO.C2H6/c1-3-9-13(10-4-2)11-5-7-12-8-6-11;1-8-6-3-2-4-7-5-6;7-5-1-3-6-4-2-5;1-2/h11-12H,3-10H2,1-2H3;6-7H,2-5H2,1H3;6H,1-4H2;1-2H3. The largest absolute Gasteiger partial charge is 0.380 e. The van der Waals surface area contributed by atoms with Gasteiger partial charge in [0.15, 0.2) is 0 Å². The molecule has 0 aromatic heterocycles. The van der Waals surface area contributed by atoms with E-state index in [0.29, 0.717) is 11.9 Å². The lowest BCUT2D eigenvalue weighted by Gasteiger charge is -2.34. The molecule has 30 heavy (non-hydrogen) atoms. The van der Waals surface area contributed by atoms with Crippen LogP contribution in [0.3, 0.4) is 0 Å². The van der Waals surface area contributed by atoms with E-state index < -0.39 is 0 Å². The summed E-state index contributed by atoms with van der Waals surface area (Å²) in [6, 6.07) is 0.862. The second-order valence-electron chi connectivity index (χ2n) is 8.01. The number of ether oxygens (including phenoxy) is 1. The minimum absolute atomic E-state index is 0.402. The van der Waals surface area contributed by atoms with Crippen LogP contribution in [-0.2, 0) is 9.53 Å². The van der Waals surface area contributed by atoms with Gasteiger partial charge >= 0.3 is 0 Å². The highest BCUT2D eigenvalue weighted by Crippen LogP contribution is 2.12. The van der Waals surface area contributed by atoms with Gasteiger partial charge in [-0.25, -0.2) is 0 Å². The third-order valence-electron chi connectivity index (χ3n) is 5.59. The maximum Gasteiger partial charge on any atom is 0.135 e. The van der Waals surface area contributed by atoms with Gasteiger partial charge in [0.25, 0.3) is 0 Å².